The third-order valence-corrected chi connectivity index (χ3v) is 5.67. The number of carbonyl (C=O) groups is 2. The van der Waals surface area contributed by atoms with Crippen molar-refractivity contribution in [3.63, 3.8) is 0 Å². The number of rotatable bonds is 5. The van der Waals surface area contributed by atoms with Gasteiger partial charge in [-0.25, -0.2) is 0 Å². The summed E-state index contributed by atoms with van der Waals surface area (Å²) >= 11 is 0. The maximum Gasteiger partial charge on any atom is 0.227 e. The van der Waals surface area contributed by atoms with E-state index in [1.807, 2.05) is 80.6 Å². The minimum Gasteiger partial charge on any atom is -0.345 e. The van der Waals surface area contributed by atoms with Crippen molar-refractivity contribution < 1.29 is 9.59 Å². The number of nitrogens with one attached hydrogen (secondary N) is 1. The van der Waals surface area contributed by atoms with Crippen LogP contribution in [-0.2, 0) is 9.59 Å². The van der Waals surface area contributed by atoms with Crippen LogP contribution in [-0.4, -0.2) is 18.4 Å². The van der Waals surface area contributed by atoms with Crippen molar-refractivity contribution in [3.05, 3.63) is 101 Å². The van der Waals surface area contributed by atoms with Gasteiger partial charge in [0, 0.05) is 18.7 Å². The summed E-state index contributed by atoms with van der Waals surface area (Å²) in [6.45, 7) is 4.47. The van der Waals surface area contributed by atoms with Gasteiger partial charge in [0.25, 0.3) is 0 Å². The Labute approximate surface area is 177 Å². The highest BCUT2D eigenvalue weighted by Gasteiger charge is 2.36. The predicted molar refractivity (Wildman–Crippen MR) is 119 cm³/mol. The number of hydrogen-bond acceptors (Lipinski definition) is 2. The lowest BCUT2D eigenvalue weighted by Gasteiger charge is -2.22. The molecule has 2 unspecified atom stereocenters. The molecule has 4 heteroatoms. The van der Waals surface area contributed by atoms with E-state index in [0.29, 0.717) is 6.54 Å². The van der Waals surface area contributed by atoms with E-state index >= 15 is 0 Å². The van der Waals surface area contributed by atoms with Gasteiger partial charge < -0.3 is 10.2 Å². The zero-order chi connectivity index (χ0) is 21.1. The number of benzene rings is 3. The van der Waals surface area contributed by atoms with Gasteiger partial charge in [-0.05, 0) is 37.1 Å². The molecule has 0 bridgehead atoms. The van der Waals surface area contributed by atoms with Crippen molar-refractivity contribution >= 4 is 17.5 Å². The van der Waals surface area contributed by atoms with Crippen LogP contribution in [0.2, 0.25) is 0 Å². The van der Waals surface area contributed by atoms with Crippen LogP contribution in [0.1, 0.15) is 34.7 Å². The van der Waals surface area contributed by atoms with E-state index in [0.717, 1.165) is 22.4 Å². The lowest BCUT2D eigenvalue weighted by molar-refractivity contribution is -0.126. The highest BCUT2D eigenvalue weighted by Crippen LogP contribution is 2.28. The SMILES string of the molecule is Cc1ccc(C(NC(=O)C2CC(=O)N(c3ccc(C)cc3)C2)c2ccccc2)cc1. The first kappa shape index (κ1) is 19.9. The van der Waals surface area contributed by atoms with Crippen LogP contribution in [0.25, 0.3) is 0 Å². The normalized spacial score (nSPS) is 17.1. The van der Waals surface area contributed by atoms with Gasteiger partial charge in [-0.15, -0.1) is 0 Å². The van der Waals surface area contributed by atoms with Crippen molar-refractivity contribution in [2.75, 3.05) is 11.4 Å². The Morgan fingerprint density at radius 3 is 2.07 bits per heavy atom. The summed E-state index contributed by atoms with van der Waals surface area (Å²) in [6.07, 6.45) is 0.231. The van der Waals surface area contributed by atoms with E-state index in [4.69, 9.17) is 0 Å². The maximum absolute atomic E-state index is 13.2. The molecule has 4 rings (SSSR count). The Bertz CT molecular complexity index is 1030. The Hall–Kier alpha value is -3.40. The molecule has 30 heavy (non-hydrogen) atoms. The summed E-state index contributed by atoms with van der Waals surface area (Å²) in [5.41, 5.74) is 5.21. The second kappa shape index (κ2) is 8.54. The Morgan fingerprint density at radius 1 is 0.867 bits per heavy atom. The van der Waals surface area contributed by atoms with Crippen LogP contribution >= 0.6 is 0 Å². The lowest BCUT2D eigenvalue weighted by atomic mass is 9.96. The fourth-order valence-corrected chi connectivity index (χ4v) is 3.88. The molecular formula is C26H26N2O2. The van der Waals surface area contributed by atoms with Crippen LogP contribution in [0.15, 0.2) is 78.9 Å². The summed E-state index contributed by atoms with van der Waals surface area (Å²) < 4.78 is 0. The highest BCUT2D eigenvalue weighted by molar-refractivity contribution is 6.00. The van der Waals surface area contributed by atoms with E-state index in [9.17, 15) is 9.59 Å². The van der Waals surface area contributed by atoms with E-state index in [1.54, 1.807) is 4.90 Å². The first-order chi connectivity index (χ1) is 14.5. The van der Waals surface area contributed by atoms with Crippen molar-refractivity contribution in [1.29, 1.82) is 0 Å². The van der Waals surface area contributed by atoms with Crippen LogP contribution < -0.4 is 10.2 Å². The molecule has 1 aliphatic rings. The molecule has 1 N–H and O–H groups in total. The van der Waals surface area contributed by atoms with Crippen molar-refractivity contribution in [2.24, 2.45) is 5.92 Å². The summed E-state index contributed by atoms with van der Waals surface area (Å²) in [5.74, 6) is -0.464. The molecular weight excluding hydrogens is 372 g/mol. The fourth-order valence-electron chi connectivity index (χ4n) is 3.88. The molecule has 1 aliphatic heterocycles. The van der Waals surface area contributed by atoms with Crippen molar-refractivity contribution in [2.45, 2.75) is 26.3 Å². The highest BCUT2D eigenvalue weighted by atomic mass is 16.2. The second-order valence-electron chi connectivity index (χ2n) is 8.00. The molecule has 3 aromatic carbocycles. The number of amides is 2. The third-order valence-electron chi connectivity index (χ3n) is 5.67. The monoisotopic (exact) mass is 398 g/mol. The molecule has 0 aliphatic carbocycles. The molecule has 0 aromatic heterocycles. The number of hydrogen-bond donors (Lipinski definition) is 1. The fraction of sp³-hybridized carbons (Fsp3) is 0.231. The molecule has 1 saturated heterocycles. The summed E-state index contributed by atoms with van der Waals surface area (Å²) in [4.78, 5) is 27.5. The van der Waals surface area contributed by atoms with Gasteiger partial charge in [0.1, 0.15) is 0 Å². The molecule has 0 spiro atoms. The van der Waals surface area contributed by atoms with Crippen LogP contribution in [0.3, 0.4) is 0 Å². The average Bonchev–Trinajstić information content (AvgIpc) is 3.15. The van der Waals surface area contributed by atoms with Gasteiger partial charge in [0.15, 0.2) is 0 Å². The standard InChI is InChI=1S/C26H26N2O2/c1-18-8-12-21(13-9-18)25(20-6-4-3-5-7-20)27-26(30)22-16-24(29)28(17-22)23-14-10-19(2)11-15-23/h3-15,22,25H,16-17H2,1-2H3,(H,27,30). The number of aryl methyl sites for hydroxylation is 2. The zero-order valence-corrected chi connectivity index (χ0v) is 17.3. The maximum atomic E-state index is 13.2. The summed E-state index contributed by atoms with van der Waals surface area (Å²) in [7, 11) is 0. The molecule has 1 heterocycles. The lowest BCUT2D eigenvalue weighted by Crippen LogP contribution is -2.36. The third kappa shape index (κ3) is 4.28. The van der Waals surface area contributed by atoms with Gasteiger partial charge in [0.2, 0.25) is 11.8 Å². The zero-order valence-electron chi connectivity index (χ0n) is 17.3. The predicted octanol–water partition coefficient (Wildman–Crippen LogP) is 4.56. The minimum atomic E-state index is -0.365. The Balaban J connectivity index is 1.53. The molecule has 2 amide bonds. The van der Waals surface area contributed by atoms with Gasteiger partial charge >= 0.3 is 0 Å². The largest absolute Gasteiger partial charge is 0.345 e. The molecule has 4 nitrogen and oxygen atoms in total. The average molecular weight is 399 g/mol. The Morgan fingerprint density at radius 2 is 1.43 bits per heavy atom. The van der Waals surface area contributed by atoms with E-state index in [-0.39, 0.29) is 30.2 Å². The van der Waals surface area contributed by atoms with Crippen molar-refractivity contribution in [3.8, 4) is 0 Å². The van der Waals surface area contributed by atoms with Crippen LogP contribution in [0.4, 0.5) is 5.69 Å². The second-order valence-corrected chi connectivity index (χ2v) is 8.00. The number of anilines is 1. The summed E-state index contributed by atoms with van der Waals surface area (Å²) in [6, 6.07) is 25.7. The quantitative estimate of drug-likeness (QED) is 0.685. The number of nitrogens with zero attached hydrogens (tertiary/aromatic N) is 1. The molecule has 3 aromatic rings. The van der Waals surface area contributed by atoms with Gasteiger partial charge in [-0.1, -0.05) is 77.9 Å². The van der Waals surface area contributed by atoms with E-state index < -0.39 is 0 Å². The van der Waals surface area contributed by atoms with E-state index in [1.165, 1.54) is 5.56 Å². The van der Waals surface area contributed by atoms with Gasteiger partial charge in [-0.2, -0.15) is 0 Å². The molecule has 152 valence electrons. The topological polar surface area (TPSA) is 49.4 Å². The van der Waals surface area contributed by atoms with Gasteiger partial charge in [0.05, 0.1) is 12.0 Å². The van der Waals surface area contributed by atoms with Crippen LogP contribution in [0.5, 0.6) is 0 Å². The summed E-state index contributed by atoms with van der Waals surface area (Å²) in [5, 5.41) is 3.19. The smallest absolute Gasteiger partial charge is 0.227 e. The molecule has 2 atom stereocenters. The first-order valence-electron chi connectivity index (χ1n) is 10.3. The molecule has 1 fully saturated rings. The Kier molecular flexibility index (Phi) is 5.66. The number of carbonyl (C=O) groups excluding carboxylic acids is 2. The van der Waals surface area contributed by atoms with E-state index in [2.05, 4.69) is 17.4 Å². The minimum absolute atomic E-state index is 0.00870. The van der Waals surface area contributed by atoms with Crippen LogP contribution in [0, 0.1) is 19.8 Å². The first-order valence-corrected chi connectivity index (χ1v) is 10.3. The molecule has 0 radical (unpaired) electrons. The van der Waals surface area contributed by atoms with Gasteiger partial charge in [-0.3, -0.25) is 9.59 Å². The molecule has 0 saturated carbocycles. The van der Waals surface area contributed by atoms with Crippen molar-refractivity contribution in [1.82, 2.24) is 5.32 Å².